The van der Waals surface area contributed by atoms with Crippen molar-refractivity contribution in [1.82, 2.24) is 10.3 Å². The van der Waals surface area contributed by atoms with Gasteiger partial charge in [-0.1, -0.05) is 11.6 Å². The molecule has 22 heavy (non-hydrogen) atoms. The van der Waals surface area contributed by atoms with Gasteiger partial charge in [0.1, 0.15) is 5.56 Å². The molecule has 118 valence electrons. The number of pyridine rings is 1. The number of aromatic amines is 1. The summed E-state index contributed by atoms with van der Waals surface area (Å²) in [6.45, 7) is 9.67. The molecule has 0 radical (unpaired) electrons. The molecule has 3 N–H and O–H groups in total. The van der Waals surface area contributed by atoms with E-state index in [9.17, 15) is 9.59 Å². The maximum Gasteiger partial charge on any atom is 0.256 e. The molecule has 5 nitrogen and oxygen atoms in total. The number of hydrogen-bond acceptors (Lipinski definition) is 2. The second-order valence-corrected chi connectivity index (χ2v) is 5.54. The Morgan fingerprint density at radius 2 is 2.00 bits per heavy atom. The predicted octanol–water partition coefficient (Wildman–Crippen LogP) is 0.491. The molecule has 0 saturated heterocycles. The SMILES string of the molecule is CC[NH+](CC)CCNC(=O)c1c[nH]c2ccc(C)cc2c1=O. The molecule has 0 spiro atoms. The average molecular weight is 302 g/mol. The zero-order valence-electron chi connectivity index (χ0n) is 13.5. The van der Waals surface area contributed by atoms with Gasteiger partial charge in [0.15, 0.2) is 0 Å². The standard InChI is InChI=1S/C17H23N3O2/c1-4-20(5-2)9-8-18-17(22)14-11-19-15-7-6-12(3)10-13(15)16(14)21/h6-7,10-11H,4-5,8-9H2,1-3H3,(H,18,22)(H,19,21)/p+1. The molecular weight excluding hydrogens is 278 g/mol. The number of carbonyl (C=O) groups excluding carboxylic acids is 1. The molecule has 0 bridgehead atoms. The summed E-state index contributed by atoms with van der Waals surface area (Å²) in [5.41, 5.74) is 1.71. The molecule has 1 aromatic heterocycles. The molecule has 0 aliphatic carbocycles. The highest BCUT2D eigenvalue weighted by Gasteiger charge is 2.13. The second kappa shape index (κ2) is 7.22. The van der Waals surface area contributed by atoms with Crippen molar-refractivity contribution in [2.24, 2.45) is 0 Å². The van der Waals surface area contributed by atoms with Crippen molar-refractivity contribution in [2.45, 2.75) is 20.8 Å². The van der Waals surface area contributed by atoms with Gasteiger partial charge in [0.2, 0.25) is 5.43 Å². The Hall–Kier alpha value is -2.14. The number of aryl methyl sites for hydroxylation is 1. The topological polar surface area (TPSA) is 66.4 Å². The Morgan fingerprint density at radius 1 is 1.27 bits per heavy atom. The number of carbonyl (C=O) groups is 1. The second-order valence-electron chi connectivity index (χ2n) is 5.54. The van der Waals surface area contributed by atoms with Crippen LogP contribution in [0.1, 0.15) is 29.8 Å². The molecule has 2 aromatic rings. The van der Waals surface area contributed by atoms with Crippen LogP contribution in [-0.4, -0.2) is 37.1 Å². The fourth-order valence-electron chi connectivity index (χ4n) is 2.55. The van der Waals surface area contributed by atoms with Crippen molar-refractivity contribution < 1.29 is 9.69 Å². The fraction of sp³-hybridized carbons (Fsp3) is 0.412. The third kappa shape index (κ3) is 3.54. The lowest BCUT2D eigenvalue weighted by atomic mass is 10.1. The number of likely N-dealkylation sites (N-methyl/N-ethyl adjacent to an activating group) is 1. The van der Waals surface area contributed by atoms with E-state index in [1.807, 2.05) is 25.1 Å². The van der Waals surface area contributed by atoms with Gasteiger partial charge in [-0.2, -0.15) is 0 Å². The van der Waals surface area contributed by atoms with Crippen molar-refractivity contribution in [3.8, 4) is 0 Å². The summed E-state index contributed by atoms with van der Waals surface area (Å²) in [7, 11) is 0. The van der Waals surface area contributed by atoms with Gasteiger partial charge in [-0.05, 0) is 32.9 Å². The van der Waals surface area contributed by atoms with E-state index in [0.29, 0.717) is 11.9 Å². The monoisotopic (exact) mass is 302 g/mol. The van der Waals surface area contributed by atoms with Crippen LogP contribution in [-0.2, 0) is 0 Å². The summed E-state index contributed by atoms with van der Waals surface area (Å²) in [4.78, 5) is 29.1. The molecule has 1 heterocycles. The first kappa shape index (κ1) is 16.2. The number of H-pyrrole nitrogens is 1. The lowest BCUT2D eigenvalue weighted by molar-refractivity contribution is -0.895. The number of benzene rings is 1. The quantitative estimate of drug-likeness (QED) is 0.727. The van der Waals surface area contributed by atoms with Gasteiger partial charge in [0.05, 0.1) is 26.2 Å². The Bertz CT molecular complexity index is 717. The molecule has 0 saturated carbocycles. The maximum absolute atomic E-state index is 12.4. The summed E-state index contributed by atoms with van der Waals surface area (Å²) < 4.78 is 0. The predicted molar refractivity (Wildman–Crippen MR) is 88.6 cm³/mol. The van der Waals surface area contributed by atoms with E-state index in [-0.39, 0.29) is 16.9 Å². The molecule has 2 rings (SSSR count). The summed E-state index contributed by atoms with van der Waals surface area (Å²) >= 11 is 0. The van der Waals surface area contributed by atoms with Gasteiger partial charge in [0.25, 0.3) is 5.91 Å². The van der Waals surface area contributed by atoms with Gasteiger partial charge < -0.3 is 15.2 Å². The average Bonchev–Trinajstić information content (AvgIpc) is 2.52. The first-order valence-electron chi connectivity index (χ1n) is 7.80. The molecule has 5 heteroatoms. The molecular formula is C17H24N3O2+. The zero-order valence-corrected chi connectivity index (χ0v) is 13.5. The van der Waals surface area contributed by atoms with Crippen LogP contribution in [0.15, 0.2) is 29.2 Å². The Morgan fingerprint density at radius 3 is 2.68 bits per heavy atom. The maximum atomic E-state index is 12.4. The molecule has 0 aliphatic heterocycles. The van der Waals surface area contributed by atoms with Gasteiger partial charge in [-0.3, -0.25) is 9.59 Å². The van der Waals surface area contributed by atoms with E-state index in [4.69, 9.17) is 0 Å². The van der Waals surface area contributed by atoms with Crippen LogP contribution < -0.4 is 15.6 Å². The highest BCUT2D eigenvalue weighted by atomic mass is 16.2. The molecule has 0 fully saturated rings. The molecule has 0 atom stereocenters. The van der Waals surface area contributed by atoms with E-state index >= 15 is 0 Å². The fourth-order valence-corrected chi connectivity index (χ4v) is 2.55. The minimum absolute atomic E-state index is 0.174. The lowest BCUT2D eigenvalue weighted by Crippen LogP contribution is -3.12. The number of fused-ring (bicyclic) bond motifs is 1. The smallest absolute Gasteiger partial charge is 0.256 e. The normalized spacial score (nSPS) is 11.1. The molecule has 0 unspecified atom stereocenters. The number of quaternary nitrogens is 1. The van der Waals surface area contributed by atoms with Gasteiger partial charge in [-0.15, -0.1) is 0 Å². The van der Waals surface area contributed by atoms with Crippen LogP contribution in [0.4, 0.5) is 0 Å². The Kier molecular flexibility index (Phi) is 5.33. The summed E-state index contributed by atoms with van der Waals surface area (Å²) in [5.74, 6) is -0.309. The molecule has 0 aliphatic rings. The largest absolute Gasteiger partial charge is 0.360 e. The van der Waals surface area contributed by atoms with Gasteiger partial charge in [-0.25, -0.2) is 0 Å². The number of rotatable bonds is 6. The van der Waals surface area contributed by atoms with Crippen LogP contribution in [0.2, 0.25) is 0 Å². The Labute approximate surface area is 130 Å². The van der Waals surface area contributed by atoms with Crippen LogP contribution in [0.3, 0.4) is 0 Å². The number of amides is 1. The van der Waals surface area contributed by atoms with E-state index in [1.54, 1.807) is 0 Å². The van der Waals surface area contributed by atoms with Crippen molar-refractivity contribution in [2.75, 3.05) is 26.2 Å². The highest BCUT2D eigenvalue weighted by Crippen LogP contribution is 2.10. The minimum atomic E-state index is -0.309. The van der Waals surface area contributed by atoms with E-state index in [0.717, 1.165) is 30.7 Å². The Balaban J connectivity index is 2.15. The van der Waals surface area contributed by atoms with Gasteiger partial charge >= 0.3 is 0 Å². The highest BCUT2D eigenvalue weighted by molar-refractivity contribution is 5.97. The molecule has 1 amide bonds. The van der Waals surface area contributed by atoms with Crippen molar-refractivity contribution in [3.63, 3.8) is 0 Å². The van der Waals surface area contributed by atoms with Crippen LogP contribution >= 0.6 is 0 Å². The van der Waals surface area contributed by atoms with Gasteiger partial charge in [0, 0.05) is 17.1 Å². The third-order valence-corrected chi connectivity index (χ3v) is 4.05. The summed E-state index contributed by atoms with van der Waals surface area (Å²) in [6.07, 6.45) is 1.50. The lowest BCUT2D eigenvalue weighted by Gasteiger charge is -2.15. The zero-order chi connectivity index (χ0) is 16.1. The van der Waals surface area contributed by atoms with E-state index < -0.39 is 0 Å². The van der Waals surface area contributed by atoms with Crippen LogP contribution in [0.25, 0.3) is 10.9 Å². The molecule has 1 aromatic carbocycles. The van der Waals surface area contributed by atoms with E-state index in [1.165, 1.54) is 11.1 Å². The van der Waals surface area contributed by atoms with Crippen molar-refractivity contribution in [3.05, 3.63) is 45.7 Å². The van der Waals surface area contributed by atoms with Crippen LogP contribution in [0.5, 0.6) is 0 Å². The number of hydrogen-bond donors (Lipinski definition) is 3. The summed E-state index contributed by atoms with van der Waals surface area (Å²) in [5, 5.41) is 3.40. The summed E-state index contributed by atoms with van der Waals surface area (Å²) in [6, 6.07) is 5.60. The first-order valence-corrected chi connectivity index (χ1v) is 7.80. The minimum Gasteiger partial charge on any atom is -0.360 e. The van der Waals surface area contributed by atoms with Crippen molar-refractivity contribution >= 4 is 16.8 Å². The van der Waals surface area contributed by atoms with Crippen LogP contribution in [0, 0.1) is 6.92 Å². The first-order chi connectivity index (χ1) is 10.6. The number of nitrogens with one attached hydrogen (secondary N) is 3. The number of aromatic nitrogens is 1. The third-order valence-electron chi connectivity index (χ3n) is 4.05. The van der Waals surface area contributed by atoms with E-state index in [2.05, 4.69) is 24.1 Å². The van der Waals surface area contributed by atoms with Crippen molar-refractivity contribution in [1.29, 1.82) is 0 Å².